The lowest BCUT2D eigenvalue weighted by Gasteiger charge is -2.30. The van der Waals surface area contributed by atoms with Crippen molar-refractivity contribution in [2.24, 2.45) is 5.73 Å². The number of rotatable bonds is 7. The van der Waals surface area contributed by atoms with E-state index in [4.69, 9.17) is 16.4 Å². The molecule has 0 fully saturated rings. The van der Waals surface area contributed by atoms with Gasteiger partial charge in [0.05, 0.1) is 18.3 Å². The lowest BCUT2D eigenvalue weighted by Crippen LogP contribution is -2.45. The van der Waals surface area contributed by atoms with Crippen molar-refractivity contribution in [2.45, 2.75) is 58.7 Å². The number of amidine groups is 1. The molecule has 0 aromatic rings. The molecule has 0 saturated carbocycles. The summed E-state index contributed by atoms with van der Waals surface area (Å²) in [6.45, 7) is 4.93. The van der Waals surface area contributed by atoms with Gasteiger partial charge < -0.3 is 21.3 Å². The van der Waals surface area contributed by atoms with Gasteiger partial charge in [0, 0.05) is 23.0 Å². The summed E-state index contributed by atoms with van der Waals surface area (Å²) >= 11 is 0. The first-order valence-corrected chi connectivity index (χ1v) is 10.6. The molecule has 0 aromatic carbocycles. The molecule has 0 saturated heterocycles. The first-order chi connectivity index (χ1) is 15.5. The van der Waals surface area contributed by atoms with Crippen LogP contribution in [0.3, 0.4) is 0 Å². The molecule has 0 radical (unpaired) electrons. The Balaban J connectivity index is 2.44. The third kappa shape index (κ3) is 6.83. The maximum Gasteiger partial charge on any atom is 0.416 e. The average molecular weight is 463 g/mol. The molecule has 2 aliphatic carbocycles. The van der Waals surface area contributed by atoms with E-state index < -0.39 is 17.7 Å². The second-order valence-corrected chi connectivity index (χ2v) is 8.05. The topological polar surface area (TPSA) is 118 Å². The van der Waals surface area contributed by atoms with Crippen LogP contribution in [0.1, 0.15) is 46.5 Å². The molecule has 2 aliphatic rings. The predicted octanol–water partition coefficient (Wildman–Crippen LogP) is 3.86. The smallest absolute Gasteiger partial charge is 0.361 e. The molecule has 0 aromatic heterocycles. The fourth-order valence-corrected chi connectivity index (χ4v) is 3.52. The van der Waals surface area contributed by atoms with Crippen LogP contribution in [0.15, 0.2) is 58.1 Å². The van der Waals surface area contributed by atoms with Crippen molar-refractivity contribution in [3.8, 4) is 6.07 Å². The SMILES string of the molecule is C/C(NC1=CC(C(F)(F)F)=CCC1)=C(/C(=O)NC(C)C)N(CN)C(=N)C1=CC=C(C#N)CC1. The van der Waals surface area contributed by atoms with Gasteiger partial charge in [-0.1, -0.05) is 12.2 Å². The fraction of sp³-hybridized carbons (Fsp3) is 0.435. The molecule has 33 heavy (non-hydrogen) atoms. The van der Waals surface area contributed by atoms with Crippen LogP contribution in [-0.2, 0) is 4.79 Å². The minimum Gasteiger partial charge on any atom is -0.361 e. The highest BCUT2D eigenvalue weighted by Crippen LogP contribution is 2.31. The van der Waals surface area contributed by atoms with Gasteiger partial charge >= 0.3 is 6.18 Å². The number of nitrogens with zero attached hydrogens (tertiary/aromatic N) is 2. The molecule has 7 nitrogen and oxygen atoms in total. The molecule has 0 unspecified atom stereocenters. The number of hydrogen-bond donors (Lipinski definition) is 4. The molecular formula is C23H29F3N6O. The Hall–Kier alpha value is -3.32. The molecule has 10 heteroatoms. The zero-order chi connectivity index (χ0) is 24.8. The highest BCUT2D eigenvalue weighted by Gasteiger charge is 2.33. The van der Waals surface area contributed by atoms with Crippen LogP contribution in [0.25, 0.3) is 0 Å². The van der Waals surface area contributed by atoms with Crippen LogP contribution in [-0.4, -0.2) is 35.5 Å². The van der Waals surface area contributed by atoms with E-state index in [0.29, 0.717) is 36.1 Å². The average Bonchev–Trinajstić information content (AvgIpc) is 2.75. The Kier molecular flexibility index (Phi) is 8.65. The molecule has 0 spiro atoms. The molecule has 0 atom stereocenters. The summed E-state index contributed by atoms with van der Waals surface area (Å²) in [5.41, 5.74) is 7.03. The lowest BCUT2D eigenvalue weighted by atomic mass is 9.97. The van der Waals surface area contributed by atoms with Crippen LogP contribution in [0.2, 0.25) is 0 Å². The summed E-state index contributed by atoms with van der Waals surface area (Å²) in [7, 11) is 0. The number of allylic oxidation sites excluding steroid dienone is 8. The van der Waals surface area contributed by atoms with E-state index in [9.17, 15) is 18.0 Å². The summed E-state index contributed by atoms with van der Waals surface area (Å²) in [5, 5.41) is 23.4. The second kappa shape index (κ2) is 11.0. The minimum absolute atomic E-state index is 0.00528. The van der Waals surface area contributed by atoms with Crippen LogP contribution in [0.4, 0.5) is 13.2 Å². The van der Waals surface area contributed by atoms with Crippen LogP contribution >= 0.6 is 0 Å². The number of carbonyl (C=O) groups excluding carboxylic acids is 1. The van der Waals surface area contributed by atoms with Gasteiger partial charge in [-0.05, 0) is 64.2 Å². The second-order valence-electron chi connectivity index (χ2n) is 8.05. The largest absolute Gasteiger partial charge is 0.416 e. The van der Waals surface area contributed by atoms with E-state index in [1.54, 1.807) is 32.9 Å². The lowest BCUT2D eigenvalue weighted by molar-refractivity contribution is -0.119. The van der Waals surface area contributed by atoms with E-state index in [2.05, 4.69) is 16.7 Å². The summed E-state index contributed by atoms with van der Waals surface area (Å²) in [6, 6.07) is 1.87. The first kappa shape index (κ1) is 25.9. The quantitative estimate of drug-likeness (QED) is 0.198. The number of nitriles is 1. The predicted molar refractivity (Wildman–Crippen MR) is 120 cm³/mol. The molecule has 1 amide bonds. The summed E-state index contributed by atoms with van der Waals surface area (Å²) in [5.74, 6) is -0.507. The Morgan fingerprint density at radius 1 is 1.30 bits per heavy atom. The minimum atomic E-state index is -4.46. The Morgan fingerprint density at radius 3 is 2.52 bits per heavy atom. The van der Waals surface area contributed by atoms with Gasteiger partial charge in [-0.15, -0.1) is 0 Å². The van der Waals surface area contributed by atoms with E-state index >= 15 is 0 Å². The zero-order valence-corrected chi connectivity index (χ0v) is 18.9. The highest BCUT2D eigenvalue weighted by atomic mass is 19.4. The van der Waals surface area contributed by atoms with Gasteiger partial charge in [0.15, 0.2) is 0 Å². The number of alkyl halides is 3. The summed E-state index contributed by atoms with van der Waals surface area (Å²) in [6.07, 6.45) is 2.45. The van der Waals surface area contributed by atoms with E-state index in [-0.39, 0.29) is 36.4 Å². The molecule has 178 valence electrons. The normalized spacial score (nSPS) is 17.1. The fourth-order valence-electron chi connectivity index (χ4n) is 3.52. The maximum absolute atomic E-state index is 13.1. The third-order valence-electron chi connectivity index (χ3n) is 5.09. The molecule has 2 rings (SSSR count). The number of hydrogen-bond acceptors (Lipinski definition) is 5. The Morgan fingerprint density at radius 2 is 2.00 bits per heavy atom. The van der Waals surface area contributed by atoms with Gasteiger partial charge in [0.2, 0.25) is 0 Å². The van der Waals surface area contributed by atoms with E-state index in [1.165, 1.54) is 4.90 Å². The summed E-state index contributed by atoms with van der Waals surface area (Å²) < 4.78 is 39.4. The third-order valence-corrected chi connectivity index (χ3v) is 5.09. The first-order valence-electron chi connectivity index (χ1n) is 10.6. The number of halogens is 3. The van der Waals surface area contributed by atoms with Crippen molar-refractivity contribution in [3.63, 3.8) is 0 Å². The van der Waals surface area contributed by atoms with Gasteiger partial charge in [-0.3, -0.25) is 10.2 Å². The van der Waals surface area contributed by atoms with Crippen molar-refractivity contribution in [3.05, 3.63) is 58.1 Å². The Bertz CT molecular complexity index is 993. The number of nitrogens with one attached hydrogen (secondary N) is 3. The van der Waals surface area contributed by atoms with Crippen molar-refractivity contribution in [1.82, 2.24) is 15.5 Å². The maximum atomic E-state index is 13.1. The van der Waals surface area contributed by atoms with Crippen LogP contribution < -0.4 is 16.4 Å². The molecule has 0 bridgehead atoms. The van der Waals surface area contributed by atoms with Gasteiger partial charge in [-0.25, -0.2) is 0 Å². The van der Waals surface area contributed by atoms with Crippen LogP contribution in [0, 0.1) is 16.7 Å². The molecule has 0 heterocycles. The van der Waals surface area contributed by atoms with Crippen molar-refractivity contribution >= 4 is 11.7 Å². The summed E-state index contributed by atoms with van der Waals surface area (Å²) in [4.78, 5) is 14.4. The van der Waals surface area contributed by atoms with E-state index in [0.717, 1.165) is 12.2 Å². The molecule has 5 N–H and O–H groups in total. The van der Waals surface area contributed by atoms with Crippen molar-refractivity contribution in [2.75, 3.05) is 6.67 Å². The molecule has 0 aliphatic heterocycles. The number of amides is 1. The number of nitrogens with two attached hydrogens (primary N) is 1. The standard InChI is InChI=1S/C23H29F3N6O/c1-14(2)30-22(33)20(15(3)31-19-6-4-5-18(11-19)23(24,25)26)32(13-28)21(29)17-9-7-16(12-27)8-10-17/h5,7,9,11,14,29,31H,4,6,8,10,13,28H2,1-3H3,(H,30,33)/b20-15+,29-21?. The Labute approximate surface area is 191 Å². The highest BCUT2D eigenvalue weighted by molar-refractivity contribution is 6.04. The van der Waals surface area contributed by atoms with E-state index in [1.807, 2.05) is 0 Å². The zero-order valence-electron chi connectivity index (χ0n) is 18.9. The van der Waals surface area contributed by atoms with Crippen LogP contribution in [0.5, 0.6) is 0 Å². The monoisotopic (exact) mass is 462 g/mol. The van der Waals surface area contributed by atoms with Gasteiger partial charge in [0.25, 0.3) is 5.91 Å². The van der Waals surface area contributed by atoms with Gasteiger partial charge in [-0.2, -0.15) is 18.4 Å². The van der Waals surface area contributed by atoms with Crippen molar-refractivity contribution in [1.29, 1.82) is 10.7 Å². The number of carbonyl (C=O) groups is 1. The molecular weight excluding hydrogens is 433 g/mol. The van der Waals surface area contributed by atoms with Crippen molar-refractivity contribution < 1.29 is 18.0 Å². The van der Waals surface area contributed by atoms with Gasteiger partial charge in [0.1, 0.15) is 11.5 Å².